The van der Waals surface area contributed by atoms with E-state index in [2.05, 4.69) is 11.4 Å². The summed E-state index contributed by atoms with van der Waals surface area (Å²) in [5.41, 5.74) is 3.05. The molecule has 0 spiro atoms. The van der Waals surface area contributed by atoms with Crippen LogP contribution in [0.2, 0.25) is 0 Å². The topological polar surface area (TPSA) is 82.4 Å². The molecule has 1 atom stereocenters. The van der Waals surface area contributed by atoms with Crippen molar-refractivity contribution in [1.82, 2.24) is 10.2 Å². The van der Waals surface area contributed by atoms with Crippen LogP contribution in [0, 0.1) is 18.3 Å². The third kappa shape index (κ3) is 2.94. The van der Waals surface area contributed by atoms with Crippen molar-refractivity contribution in [1.29, 1.82) is 5.26 Å². The highest BCUT2D eigenvalue weighted by molar-refractivity contribution is 6.02. The molecular formula is C18H23N3O3. The predicted octanol–water partition coefficient (Wildman–Crippen LogP) is 2.28. The molecule has 1 aliphatic rings. The number of ether oxygens (including phenoxy) is 1. The molecule has 2 amide bonds. The van der Waals surface area contributed by atoms with Gasteiger partial charge in [-0.2, -0.15) is 5.26 Å². The zero-order chi connectivity index (χ0) is 18.0. The van der Waals surface area contributed by atoms with Crippen molar-refractivity contribution < 1.29 is 14.3 Å². The van der Waals surface area contributed by atoms with Gasteiger partial charge in [-0.15, -0.1) is 0 Å². The van der Waals surface area contributed by atoms with Crippen molar-refractivity contribution in [2.24, 2.45) is 0 Å². The highest BCUT2D eigenvalue weighted by Crippen LogP contribution is 2.44. The van der Waals surface area contributed by atoms with Gasteiger partial charge in [-0.3, -0.25) is 9.59 Å². The number of hydrogen-bond acceptors (Lipinski definition) is 4. The molecule has 6 nitrogen and oxygen atoms in total. The summed E-state index contributed by atoms with van der Waals surface area (Å²) in [7, 11) is 1.60. The van der Waals surface area contributed by atoms with Crippen molar-refractivity contribution in [3.63, 3.8) is 0 Å². The Bertz CT molecular complexity index is 719. The quantitative estimate of drug-likeness (QED) is 0.898. The molecule has 0 radical (unpaired) electrons. The number of fused-ring (bicyclic) bond motifs is 1. The number of amides is 2. The van der Waals surface area contributed by atoms with E-state index in [0.29, 0.717) is 24.4 Å². The standard InChI is InChI=1S/C18H23N3O3/c1-10(2)15-14(24-5)8-11(3)16-17(15)13(9-19)21(18(16)23)7-6-20-12(4)22/h8,10,13H,6-7H2,1-5H3,(H,20,22). The van der Waals surface area contributed by atoms with E-state index < -0.39 is 6.04 Å². The lowest BCUT2D eigenvalue weighted by Gasteiger charge is -2.22. The number of carbonyl (C=O) groups is 2. The molecule has 1 N–H and O–H groups in total. The molecule has 1 aromatic rings. The molecule has 24 heavy (non-hydrogen) atoms. The molecule has 0 fully saturated rings. The first kappa shape index (κ1) is 17.8. The van der Waals surface area contributed by atoms with E-state index >= 15 is 0 Å². The molecule has 128 valence electrons. The van der Waals surface area contributed by atoms with E-state index in [4.69, 9.17) is 4.74 Å². The van der Waals surface area contributed by atoms with Crippen molar-refractivity contribution in [2.45, 2.75) is 39.7 Å². The Morgan fingerprint density at radius 1 is 1.50 bits per heavy atom. The summed E-state index contributed by atoms with van der Waals surface area (Å²) in [5, 5.41) is 12.4. The number of nitrogens with one attached hydrogen (secondary N) is 1. The molecule has 1 unspecified atom stereocenters. The Morgan fingerprint density at radius 2 is 2.17 bits per heavy atom. The van der Waals surface area contributed by atoms with Gasteiger partial charge >= 0.3 is 0 Å². The number of benzene rings is 1. The van der Waals surface area contributed by atoms with Crippen LogP contribution in [0.3, 0.4) is 0 Å². The van der Waals surface area contributed by atoms with Gasteiger partial charge in [0.05, 0.1) is 13.2 Å². The van der Waals surface area contributed by atoms with Gasteiger partial charge in [0.15, 0.2) is 0 Å². The fraction of sp³-hybridized carbons (Fsp3) is 0.500. The zero-order valence-corrected chi connectivity index (χ0v) is 14.8. The average Bonchev–Trinajstić information content (AvgIpc) is 2.79. The molecule has 6 heteroatoms. The van der Waals surface area contributed by atoms with Gasteiger partial charge in [-0.1, -0.05) is 13.8 Å². The number of nitriles is 1. The Labute approximate surface area is 142 Å². The van der Waals surface area contributed by atoms with E-state index in [0.717, 1.165) is 16.7 Å². The zero-order valence-electron chi connectivity index (χ0n) is 14.8. The first-order chi connectivity index (χ1) is 11.3. The number of aryl methyl sites for hydroxylation is 1. The van der Waals surface area contributed by atoms with Crippen LogP contribution in [0.25, 0.3) is 0 Å². The van der Waals surface area contributed by atoms with Gasteiger partial charge in [-0.05, 0) is 24.5 Å². The van der Waals surface area contributed by atoms with Gasteiger partial charge in [0, 0.05) is 36.7 Å². The van der Waals surface area contributed by atoms with Crippen LogP contribution in [0.4, 0.5) is 0 Å². The number of hydrogen-bond donors (Lipinski definition) is 1. The summed E-state index contributed by atoms with van der Waals surface area (Å²) in [6.45, 7) is 7.94. The molecular weight excluding hydrogens is 306 g/mol. The summed E-state index contributed by atoms with van der Waals surface area (Å²) >= 11 is 0. The first-order valence-corrected chi connectivity index (χ1v) is 7.99. The number of rotatable bonds is 5. The smallest absolute Gasteiger partial charge is 0.255 e. The molecule has 2 rings (SSSR count). The second-order valence-corrected chi connectivity index (χ2v) is 6.27. The number of carbonyl (C=O) groups excluding carboxylic acids is 2. The summed E-state index contributed by atoms with van der Waals surface area (Å²) in [6.07, 6.45) is 0. The molecule has 1 heterocycles. The lowest BCUT2D eigenvalue weighted by molar-refractivity contribution is -0.119. The van der Waals surface area contributed by atoms with E-state index in [1.54, 1.807) is 7.11 Å². The van der Waals surface area contributed by atoms with Crippen LogP contribution >= 0.6 is 0 Å². The minimum absolute atomic E-state index is 0.119. The summed E-state index contributed by atoms with van der Waals surface area (Å²) in [6, 6.07) is 3.45. The number of nitrogens with zero attached hydrogens (tertiary/aromatic N) is 2. The highest BCUT2D eigenvalue weighted by atomic mass is 16.5. The lowest BCUT2D eigenvalue weighted by Crippen LogP contribution is -2.36. The summed E-state index contributed by atoms with van der Waals surface area (Å²) in [5.74, 6) is 0.503. The molecule has 0 saturated heterocycles. The minimum Gasteiger partial charge on any atom is -0.496 e. The van der Waals surface area contributed by atoms with Crippen molar-refractivity contribution in [3.8, 4) is 11.8 Å². The first-order valence-electron chi connectivity index (χ1n) is 7.99. The molecule has 0 saturated carbocycles. The average molecular weight is 329 g/mol. The van der Waals surface area contributed by atoms with Crippen LogP contribution in [0.15, 0.2) is 6.07 Å². The van der Waals surface area contributed by atoms with Crippen LogP contribution in [-0.2, 0) is 4.79 Å². The van der Waals surface area contributed by atoms with Gasteiger partial charge in [0.25, 0.3) is 5.91 Å². The highest BCUT2D eigenvalue weighted by Gasteiger charge is 2.41. The van der Waals surface area contributed by atoms with E-state index in [1.165, 1.54) is 11.8 Å². The fourth-order valence-electron chi connectivity index (χ4n) is 3.29. The SMILES string of the molecule is COc1cc(C)c2c(c1C(C)C)C(C#N)N(CCNC(C)=O)C2=O. The van der Waals surface area contributed by atoms with Crippen molar-refractivity contribution in [3.05, 3.63) is 28.3 Å². The predicted molar refractivity (Wildman–Crippen MR) is 89.9 cm³/mol. The maximum absolute atomic E-state index is 12.9. The van der Waals surface area contributed by atoms with E-state index in [9.17, 15) is 14.9 Å². The van der Waals surface area contributed by atoms with Gasteiger partial charge < -0.3 is 15.0 Å². The third-order valence-corrected chi connectivity index (χ3v) is 4.27. The molecule has 0 aliphatic carbocycles. The Hall–Kier alpha value is -2.55. The second-order valence-electron chi connectivity index (χ2n) is 6.27. The third-order valence-electron chi connectivity index (χ3n) is 4.27. The maximum Gasteiger partial charge on any atom is 0.255 e. The van der Waals surface area contributed by atoms with E-state index in [1.807, 2.05) is 26.8 Å². The van der Waals surface area contributed by atoms with Crippen LogP contribution in [-0.4, -0.2) is 36.9 Å². The normalized spacial score (nSPS) is 16.1. The van der Waals surface area contributed by atoms with Crippen LogP contribution in [0.1, 0.15) is 59.8 Å². The molecule has 0 bridgehead atoms. The van der Waals surface area contributed by atoms with E-state index in [-0.39, 0.29) is 17.7 Å². The van der Waals surface area contributed by atoms with Gasteiger partial charge in [-0.25, -0.2) is 0 Å². The Kier molecular flexibility index (Phi) is 5.13. The number of methoxy groups -OCH3 is 1. The molecule has 1 aliphatic heterocycles. The van der Waals surface area contributed by atoms with Crippen LogP contribution < -0.4 is 10.1 Å². The molecule has 1 aromatic carbocycles. The van der Waals surface area contributed by atoms with Gasteiger partial charge in [0.1, 0.15) is 11.8 Å². The fourth-order valence-corrected chi connectivity index (χ4v) is 3.29. The van der Waals surface area contributed by atoms with Crippen molar-refractivity contribution in [2.75, 3.05) is 20.2 Å². The Balaban J connectivity index is 2.53. The lowest BCUT2D eigenvalue weighted by atomic mass is 9.88. The van der Waals surface area contributed by atoms with Crippen molar-refractivity contribution >= 4 is 11.8 Å². The minimum atomic E-state index is -0.660. The summed E-state index contributed by atoms with van der Waals surface area (Å²) < 4.78 is 5.49. The van der Waals surface area contributed by atoms with Crippen LogP contribution in [0.5, 0.6) is 5.75 Å². The second kappa shape index (κ2) is 6.91. The molecule has 0 aromatic heterocycles. The maximum atomic E-state index is 12.9. The summed E-state index contributed by atoms with van der Waals surface area (Å²) in [4.78, 5) is 25.4. The largest absolute Gasteiger partial charge is 0.496 e. The van der Waals surface area contributed by atoms with Gasteiger partial charge in [0.2, 0.25) is 5.91 Å². The monoisotopic (exact) mass is 329 g/mol. The Morgan fingerprint density at radius 3 is 2.67 bits per heavy atom.